The summed E-state index contributed by atoms with van der Waals surface area (Å²) < 4.78 is 11.1. The molecule has 1 saturated heterocycles. The van der Waals surface area contributed by atoms with E-state index in [4.69, 9.17) is 9.47 Å². The fourth-order valence-corrected chi connectivity index (χ4v) is 3.10. The maximum atomic E-state index is 5.66. The molecule has 2 N–H and O–H groups in total. The number of nitrogens with zero attached hydrogens (tertiary/aromatic N) is 2. The SMILES string of the molecule is CN=C(NCCCOCC1CC1)NCc1ccc(CN2CCOCC2)cc1.I. The van der Waals surface area contributed by atoms with Crippen LogP contribution in [0.15, 0.2) is 29.3 Å². The van der Waals surface area contributed by atoms with Gasteiger partial charge in [0.05, 0.1) is 13.2 Å². The molecule has 3 rings (SSSR count). The Kier molecular flexibility index (Phi) is 11.1. The lowest BCUT2D eigenvalue weighted by Crippen LogP contribution is -2.37. The number of guanidine groups is 1. The molecule has 2 fully saturated rings. The van der Waals surface area contributed by atoms with Gasteiger partial charge < -0.3 is 20.1 Å². The van der Waals surface area contributed by atoms with E-state index in [0.717, 1.165) is 77.4 Å². The standard InChI is InChI=1S/C21H34N4O2.HI/c1-22-21(23-9-2-12-27-17-20-7-8-20)24-15-18-3-5-19(6-4-18)16-25-10-13-26-14-11-25;/h3-6,20H,2,7-17H2,1H3,(H2,22,23,24);1H. The van der Waals surface area contributed by atoms with Crippen molar-refractivity contribution in [3.8, 4) is 0 Å². The Labute approximate surface area is 186 Å². The molecule has 0 atom stereocenters. The van der Waals surface area contributed by atoms with Gasteiger partial charge in [0.15, 0.2) is 5.96 Å². The summed E-state index contributed by atoms with van der Waals surface area (Å²) in [7, 11) is 1.81. The minimum absolute atomic E-state index is 0. The van der Waals surface area contributed by atoms with Crippen LogP contribution in [0.5, 0.6) is 0 Å². The number of hydrogen-bond donors (Lipinski definition) is 2. The Balaban J connectivity index is 0.00000280. The molecule has 28 heavy (non-hydrogen) atoms. The largest absolute Gasteiger partial charge is 0.381 e. The van der Waals surface area contributed by atoms with E-state index in [1.807, 2.05) is 7.05 Å². The molecular weight excluding hydrogens is 467 g/mol. The molecule has 1 heterocycles. The number of benzene rings is 1. The smallest absolute Gasteiger partial charge is 0.191 e. The maximum absolute atomic E-state index is 5.66. The van der Waals surface area contributed by atoms with E-state index in [0.29, 0.717) is 0 Å². The zero-order valence-electron chi connectivity index (χ0n) is 17.0. The van der Waals surface area contributed by atoms with Crippen molar-refractivity contribution >= 4 is 29.9 Å². The number of ether oxygens (including phenoxy) is 2. The van der Waals surface area contributed by atoms with Gasteiger partial charge in [0, 0.05) is 53.0 Å². The number of rotatable bonds is 10. The Hall–Kier alpha value is -0.900. The first-order chi connectivity index (χ1) is 13.3. The minimum Gasteiger partial charge on any atom is -0.381 e. The van der Waals surface area contributed by atoms with Gasteiger partial charge in [-0.15, -0.1) is 24.0 Å². The molecular formula is C21H35IN4O2. The first-order valence-electron chi connectivity index (χ1n) is 10.2. The molecule has 2 aliphatic rings. The highest BCUT2D eigenvalue weighted by Crippen LogP contribution is 2.28. The van der Waals surface area contributed by atoms with Crippen LogP contribution in [0.25, 0.3) is 0 Å². The van der Waals surface area contributed by atoms with Gasteiger partial charge in [0.1, 0.15) is 0 Å². The molecule has 1 aromatic carbocycles. The number of aliphatic imine (C=N–C) groups is 1. The summed E-state index contributed by atoms with van der Waals surface area (Å²) in [5.41, 5.74) is 2.62. The van der Waals surface area contributed by atoms with Crippen LogP contribution in [0, 0.1) is 5.92 Å². The lowest BCUT2D eigenvalue weighted by atomic mass is 10.1. The van der Waals surface area contributed by atoms with Crippen LogP contribution >= 0.6 is 24.0 Å². The van der Waals surface area contributed by atoms with E-state index in [-0.39, 0.29) is 24.0 Å². The highest BCUT2D eigenvalue weighted by atomic mass is 127. The molecule has 0 amide bonds. The van der Waals surface area contributed by atoms with Crippen LogP contribution < -0.4 is 10.6 Å². The van der Waals surface area contributed by atoms with E-state index in [2.05, 4.69) is 44.8 Å². The van der Waals surface area contributed by atoms with Crippen molar-refractivity contribution in [1.29, 1.82) is 0 Å². The van der Waals surface area contributed by atoms with Crippen LogP contribution in [0.2, 0.25) is 0 Å². The lowest BCUT2D eigenvalue weighted by Gasteiger charge is -2.26. The number of nitrogens with one attached hydrogen (secondary N) is 2. The highest BCUT2D eigenvalue weighted by Gasteiger charge is 2.20. The second-order valence-electron chi connectivity index (χ2n) is 7.43. The van der Waals surface area contributed by atoms with Gasteiger partial charge in [0.2, 0.25) is 0 Å². The minimum atomic E-state index is 0. The second kappa shape index (κ2) is 13.3. The quantitative estimate of drug-likeness (QED) is 0.223. The predicted octanol–water partition coefficient (Wildman–Crippen LogP) is 2.62. The molecule has 1 aliphatic carbocycles. The van der Waals surface area contributed by atoms with Gasteiger partial charge >= 0.3 is 0 Å². The monoisotopic (exact) mass is 502 g/mol. The van der Waals surface area contributed by atoms with E-state index >= 15 is 0 Å². The Bertz CT molecular complexity index is 572. The average Bonchev–Trinajstić information content (AvgIpc) is 3.53. The molecule has 0 bridgehead atoms. The van der Waals surface area contributed by atoms with Crippen LogP contribution in [-0.2, 0) is 22.6 Å². The predicted molar refractivity (Wildman–Crippen MR) is 124 cm³/mol. The Morgan fingerprint density at radius 1 is 1.14 bits per heavy atom. The molecule has 0 spiro atoms. The first kappa shape index (κ1) is 23.4. The Morgan fingerprint density at radius 2 is 1.86 bits per heavy atom. The third-order valence-corrected chi connectivity index (χ3v) is 5.02. The summed E-state index contributed by atoms with van der Waals surface area (Å²) >= 11 is 0. The van der Waals surface area contributed by atoms with Crippen molar-refractivity contribution in [1.82, 2.24) is 15.5 Å². The van der Waals surface area contributed by atoms with Gasteiger partial charge in [0.25, 0.3) is 0 Å². The van der Waals surface area contributed by atoms with Crippen molar-refractivity contribution in [3.63, 3.8) is 0 Å². The zero-order chi connectivity index (χ0) is 18.7. The van der Waals surface area contributed by atoms with E-state index in [1.54, 1.807) is 0 Å². The van der Waals surface area contributed by atoms with Gasteiger partial charge in [-0.25, -0.2) is 0 Å². The number of halogens is 1. The van der Waals surface area contributed by atoms with Crippen LogP contribution in [0.4, 0.5) is 0 Å². The third kappa shape index (κ3) is 9.07. The van der Waals surface area contributed by atoms with Crippen LogP contribution in [0.1, 0.15) is 30.4 Å². The molecule has 0 unspecified atom stereocenters. The molecule has 0 aromatic heterocycles. The molecule has 7 heteroatoms. The first-order valence-corrected chi connectivity index (χ1v) is 10.2. The van der Waals surface area contributed by atoms with Crippen LogP contribution in [-0.4, -0.2) is 64.0 Å². The van der Waals surface area contributed by atoms with Gasteiger partial charge in [-0.2, -0.15) is 0 Å². The van der Waals surface area contributed by atoms with Crippen molar-refractivity contribution in [2.75, 3.05) is 53.1 Å². The van der Waals surface area contributed by atoms with Crippen molar-refractivity contribution in [2.24, 2.45) is 10.9 Å². The summed E-state index contributed by atoms with van der Waals surface area (Å²) in [5, 5.41) is 6.73. The summed E-state index contributed by atoms with van der Waals surface area (Å²) in [6, 6.07) is 8.84. The molecule has 158 valence electrons. The average molecular weight is 502 g/mol. The van der Waals surface area contributed by atoms with Gasteiger partial charge in [-0.3, -0.25) is 9.89 Å². The molecule has 0 radical (unpaired) electrons. The zero-order valence-corrected chi connectivity index (χ0v) is 19.3. The van der Waals surface area contributed by atoms with Crippen LogP contribution in [0.3, 0.4) is 0 Å². The topological polar surface area (TPSA) is 58.1 Å². The summed E-state index contributed by atoms with van der Waals surface area (Å²) in [6.07, 6.45) is 3.70. The molecule has 1 aliphatic heterocycles. The summed E-state index contributed by atoms with van der Waals surface area (Å²) in [4.78, 5) is 6.73. The maximum Gasteiger partial charge on any atom is 0.191 e. The summed E-state index contributed by atoms with van der Waals surface area (Å²) in [6.45, 7) is 8.16. The normalized spacial score (nSPS) is 17.8. The van der Waals surface area contributed by atoms with Crippen molar-refractivity contribution in [3.05, 3.63) is 35.4 Å². The van der Waals surface area contributed by atoms with E-state index in [9.17, 15) is 0 Å². The van der Waals surface area contributed by atoms with Gasteiger partial charge in [-0.1, -0.05) is 24.3 Å². The van der Waals surface area contributed by atoms with Crippen molar-refractivity contribution < 1.29 is 9.47 Å². The van der Waals surface area contributed by atoms with Crippen molar-refractivity contribution in [2.45, 2.75) is 32.4 Å². The number of hydrogen-bond acceptors (Lipinski definition) is 4. The number of morpholine rings is 1. The summed E-state index contributed by atoms with van der Waals surface area (Å²) in [5.74, 6) is 1.68. The van der Waals surface area contributed by atoms with E-state index in [1.165, 1.54) is 24.0 Å². The van der Waals surface area contributed by atoms with Gasteiger partial charge in [-0.05, 0) is 36.3 Å². The molecule has 6 nitrogen and oxygen atoms in total. The fraction of sp³-hybridized carbons (Fsp3) is 0.667. The molecule has 1 aromatic rings. The molecule has 1 saturated carbocycles. The highest BCUT2D eigenvalue weighted by molar-refractivity contribution is 14.0. The Morgan fingerprint density at radius 3 is 2.54 bits per heavy atom. The van der Waals surface area contributed by atoms with E-state index < -0.39 is 0 Å². The third-order valence-electron chi connectivity index (χ3n) is 5.02. The fourth-order valence-electron chi connectivity index (χ4n) is 3.10. The lowest BCUT2D eigenvalue weighted by molar-refractivity contribution is 0.0342. The second-order valence-corrected chi connectivity index (χ2v) is 7.43.